The Hall–Kier alpha value is -1.83. The molecule has 3 rings (SSSR count). The van der Waals surface area contributed by atoms with E-state index in [4.69, 9.17) is 0 Å². The fourth-order valence-corrected chi connectivity index (χ4v) is 4.78. The first kappa shape index (κ1) is 18.0. The Morgan fingerprint density at radius 1 is 1.40 bits per heavy atom. The van der Waals surface area contributed by atoms with Crippen molar-refractivity contribution in [3.05, 3.63) is 29.8 Å². The van der Waals surface area contributed by atoms with Gasteiger partial charge in [0.1, 0.15) is 11.8 Å². The summed E-state index contributed by atoms with van der Waals surface area (Å²) in [4.78, 5) is 26.2. The highest BCUT2D eigenvalue weighted by atomic mass is 32.2. The van der Waals surface area contributed by atoms with E-state index < -0.39 is 12.7 Å². The zero-order chi connectivity index (χ0) is 18.2. The highest BCUT2D eigenvalue weighted by Crippen LogP contribution is 2.47. The fourth-order valence-electron chi connectivity index (χ4n) is 3.35. The average Bonchev–Trinajstić information content (AvgIpc) is 3.04. The van der Waals surface area contributed by atoms with Gasteiger partial charge in [-0.3, -0.25) is 9.59 Å². The van der Waals surface area contributed by atoms with E-state index in [1.165, 1.54) is 12.1 Å². The van der Waals surface area contributed by atoms with Crippen molar-refractivity contribution < 1.29 is 23.1 Å². The molecule has 2 aliphatic rings. The van der Waals surface area contributed by atoms with Crippen LogP contribution in [0.3, 0.4) is 0 Å². The minimum Gasteiger partial charge on any atom is -0.435 e. The van der Waals surface area contributed by atoms with Gasteiger partial charge in [0, 0.05) is 12.2 Å². The van der Waals surface area contributed by atoms with Crippen molar-refractivity contribution in [1.29, 1.82) is 0 Å². The molecule has 0 unspecified atom stereocenters. The van der Waals surface area contributed by atoms with Gasteiger partial charge in [0.25, 0.3) is 0 Å². The molecule has 2 aliphatic heterocycles. The van der Waals surface area contributed by atoms with Crippen LogP contribution >= 0.6 is 11.8 Å². The maximum absolute atomic E-state index is 12.6. The molecule has 25 heavy (non-hydrogen) atoms. The van der Waals surface area contributed by atoms with Gasteiger partial charge in [0.05, 0.1) is 10.9 Å². The second kappa shape index (κ2) is 6.82. The first-order valence-electron chi connectivity index (χ1n) is 8.11. The maximum atomic E-state index is 12.6. The molecule has 136 valence electrons. The van der Waals surface area contributed by atoms with Gasteiger partial charge in [-0.2, -0.15) is 8.78 Å². The molecule has 1 aromatic carbocycles. The average molecular weight is 370 g/mol. The van der Waals surface area contributed by atoms with Gasteiger partial charge in [-0.05, 0) is 38.0 Å². The summed E-state index contributed by atoms with van der Waals surface area (Å²) in [7, 11) is 0. The number of nitrogens with one attached hydrogen (secondary N) is 1. The number of hydrogen-bond donors (Lipinski definition) is 1. The molecule has 2 heterocycles. The van der Waals surface area contributed by atoms with Crippen LogP contribution in [0.5, 0.6) is 5.75 Å². The third-order valence-electron chi connectivity index (χ3n) is 4.71. The van der Waals surface area contributed by atoms with Crippen molar-refractivity contribution in [2.24, 2.45) is 0 Å². The Kier molecular flexibility index (Phi) is 4.90. The molecule has 1 aromatic rings. The third kappa shape index (κ3) is 3.58. The Labute approximate surface area is 149 Å². The molecule has 2 amide bonds. The van der Waals surface area contributed by atoms with Crippen LogP contribution in [-0.2, 0) is 9.59 Å². The normalized spacial score (nSPS) is 26.7. The number of hydrogen-bond acceptors (Lipinski definition) is 4. The highest BCUT2D eigenvalue weighted by molar-refractivity contribution is 8.01. The second-order valence-electron chi connectivity index (χ2n) is 6.44. The van der Waals surface area contributed by atoms with Gasteiger partial charge in [-0.15, -0.1) is 11.8 Å². The molecular weight excluding hydrogens is 350 g/mol. The van der Waals surface area contributed by atoms with Crippen LogP contribution in [0.1, 0.15) is 38.3 Å². The van der Waals surface area contributed by atoms with Crippen molar-refractivity contribution in [3.63, 3.8) is 0 Å². The van der Waals surface area contributed by atoms with Gasteiger partial charge >= 0.3 is 6.61 Å². The molecule has 2 saturated heterocycles. The van der Waals surface area contributed by atoms with Gasteiger partial charge in [-0.25, -0.2) is 0 Å². The molecule has 0 aromatic heterocycles. The van der Waals surface area contributed by atoms with Crippen molar-refractivity contribution >= 4 is 23.6 Å². The molecule has 3 atom stereocenters. The number of ether oxygens (including phenoxy) is 1. The van der Waals surface area contributed by atoms with Gasteiger partial charge in [0.15, 0.2) is 0 Å². The van der Waals surface area contributed by atoms with Crippen LogP contribution < -0.4 is 10.1 Å². The predicted octanol–water partition coefficient (Wildman–Crippen LogP) is 2.92. The van der Waals surface area contributed by atoms with Crippen LogP contribution in [0.2, 0.25) is 0 Å². The quantitative estimate of drug-likeness (QED) is 0.866. The van der Waals surface area contributed by atoms with Gasteiger partial charge < -0.3 is 15.0 Å². The lowest BCUT2D eigenvalue weighted by atomic mass is 10.1. The summed E-state index contributed by atoms with van der Waals surface area (Å²) < 4.78 is 28.7. The summed E-state index contributed by atoms with van der Waals surface area (Å²) in [6.45, 7) is 0.949. The first-order valence-corrected chi connectivity index (χ1v) is 9.10. The number of amides is 2. The third-order valence-corrected chi connectivity index (χ3v) is 6.22. The zero-order valence-corrected chi connectivity index (χ0v) is 14.8. The smallest absolute Gasteiger partial charge is 0.387 e. The first-order chi connectivity index (χ1) is 11.8. The van der Waals surface area contributed by atoms with E-state index in [1.54, 1.807) is 28.8 Å². The molecule has 5 nitrogen and oxygen atoms in total. The Morgan fingerprint density at radius 2 is 2.08 bits per heavy atom. The van der Waals surface area contributed by atoms with Gasteiger partial charge in [-0.1, -0.05) is 12.1 Å². The summed E-state index contributed by atoms with van der Waals surface area (Å²) in [5, 5.41) is 2.91. The van der Waals surface area contributed by atoms with E-state index in [-0.39, 0.29) is 28.5 Å². The molecule has 0 radical (unpaired) electrons. The van der Waals surface area contributed by atoms with Crippen LogP contribution in [0.25, 0.3) is 0 Å². The SMILES string of the molecule is C[C@H](NC(=O)[C@@H]1CS[C@]2(C)CCC(=O)N12)c1ccc(OC(F)F)cc1. The fraction of sp³-hybridized carbons (Fsp3) is 0.529. The van der Waals surface area contributed by atoms with E-state index in [0.29, 0.717) is 12.2 Å². The zero-order valence-electron chi connectivity index (χ0n) is 14.0. The minimum atomic E-state index is -2.87. The summed E-state index contributed by atoms with van der Waals surface area (Å²) in [5.41, 5.74) is 0.774. The summed E-state index contributed by atoms with van der Waals surface area (Å²) >= 11 is 1.64. The number of thioether (sulfide) groups is 1. The van der Waals surface area contributed by atoms with Crippen LogP contribution in [0, 0.1) is 0 Å². The molecule has 0 spiro atoms. The number of fused-ring (bicyclic) bond motifs is 1. The van der Waals surface area contributed by atoms with Crippen molar-refractivity contribution in [2.45, 2.75) is 50.3 Å². The molecular formula is C17H20F2N2O3S. The monoisotopic (exact) mass is 370 g/mol. The lowest BCUT2D eigenvalue weighted by Gasteiger charge is -2.30. The van der Waals surface area contributed by atoms with E-state index in [1.807, 2.05) is 13.8 Å². The van der Waals surface area contributed by atoms with Crippen molar-refractivity contribution in [3.8, 4) is 5.75 Å². The second-order valence-corrected chi connectivity index (χ2v) is 7.94. The summed E-state index contributed by atoms with van der Waals surface area (Å²) in [6.07, 6.45) is 1.25. The predicted molar refractivity (Wildman–Crippen MR) is 90.4 cm³/mol. The van der Waals surface area contributed by atoms with Crippen LogP contribution in [-0.4, -0.2) is 40.0 Å². The number of carbonyl (C=O) groups excluding carboxylic acids is 2. The van der Waals surface area contributed by atoms with Crippen molar-refractivity contribution in [2.75, 3.05) is 5.75 Å². The van der Waals surface area contributed by atoms with Crippen LogP contribution in [0.15, 0.2) is 24.3 Å². The number of halogens is 2. The minimum absolute atomic E-state index is 0.0220. The maximum Gasteiger partial charge on any atom is 0.387 e. The summed E-state index contributed by atoms with van der Waals surface area (Å²) in [5.74, 6) is 0.491. The Balaban J connectivity index is 1.64. The molecule has 0 saturated carbocycles. The standard InChI is InChI=1S/C17H20F2N2O3S/c1-10(11-3-5-12(6-4-11)24-16(18)19)20-15(23)13-9-25-17(2)8-7-14(22)21(13)17/h3-6,10,13,16H,7-9H2,1-2H3,(H,20,23)/t10-,13-,17+/m0/s1. The number of alkyl halides is 2. The molecule has 2 fully saturated rings. The van der Waals surface area contributed by atoms with E-state index >= 15 is 0 Å². The number of nitrogens with zero attached hydrogens (tertiary/aromatic N) is 1. The Morgan fingerprint density at radius 3 is 2.72 bits per heavy atom. The largest absolute Gasteiger partial charge is 0.435 e. The molecule has 8 heteroatoms. The van der Waals surface area contributed by atoms with Crippen molar-refractivity contribution in [1.82, 2.24) is 10.2 Å². The lowest BCUT2D eigenvalue weighted by molar-refractivity contribution is -0.138. The molecule has 0 bridgehead atoms. The highest BCUT2D eigenvalue weighted by Gasteiger charge is 2.52. The number of rotatable bonds is 5. The Bertz CT molecular complexity index is 670. The lowest BCUT2D eigenvalue weighted by Crippen LogP contribution is -2.50. The van der Waals surface area contributed by atoms with Gasteiger partial charge in [0.2, 0.25) is 11.8 Å². The van der Waals surface area contributed by atoms with Crippen LogP contribution in [0.4, 0.5) is 8.78 Å². The topological polar surface area (TPSA) is 58.6 Å². The molecule has 0 aliphatic carbocycles. The number of carbonyl (C=O) groups is 2. The van der Waals surface area contributed by atoms with E-state index in [9.17, 15) is 18.4 Å². The summed E-state index contributed by atoms with van der Waals surface area (Å²) in [6, 6.07) is 5.39. The van der Waals surface area contributed by atoms with E-state index in [0.717, 1.165) is 12.0 Å². The van der Waals surface area contributed by atoms with E-state index in [2.05, 4.69) is 10.1 Å². The molecule has 1 N–H and O–H groups in total. The number of benzene rings is 1.